The van der Waals surface area contributed by atoms with E-state index in [0.29, 0.717) is 13.0 Å². The lowest BCUT2D eigenvalue weighted by atomic mass is 10.3. The minimum Gasteiger partial charge on any atom is -0.370 e. The predicted octanol–water partition coefficient (Wildman–Crippen LogP) is 0.258. The largest absolute Gasteiger partial charge is 0.370 e. The molecule has 5 heteroatoms. The van der Waals surface area contributed by atoms with Crippen LogP contribution in [-0.4, -0.2) is 22.2 Å². The fraction of sp³-hybridized carbons (Fsp3) is 0.600. The second-order valence-corrected chi connectivity index (χ2v) is 3.50. The third-order valence-electron chi connectivity index (χ3n) is 2.02. The number of aryl methyl sites for hydroxylation is 1. The van der Waals surface area contributed by atoms with Crippen LogP contribution in [0.1, 0.15) is 25.3 Å². The fourth-order valence-electron chi connectivity index (χ4n) is 1.29. The molecule has 84 valence electrons. The summed E-state index contributed by atoms with van der Waals surface area (Å²) in [5.41, 5.74) is 6.15. The molecule has 1 heterocycles. The van der Waals surface area contributed by atoms with Crippen LogP contribution in [0, 0.1) is 0 Å². The van der Waals surface area contributed by atoms with E-state index >= 15 is 0 Å². The molecule has 1 amide bonds. The lowest BCUT2D eigenvalue weighted by molar-refractivity contribution is -0.117. The van der Waals surface area contributed by atoms with Crippen molar-refractivity contribution in [2.24, 2.45) is 5.73 Å². The van der Waals surface area contributed by atoms with Crippen LogP contribution >= 0.6 is 0 Å². The number of nitrogens with two attached hydrogens (primary N) is 1. The van der Waals surface area contributed by atoms with E-state index in [0.717, 1.165) is 25.1 Å². The number of primary amides is 1. The summed E-state index contributed by atoms with van der Waals surface area (Å²) >= 11 is 0. The maximum atomic E-state index is 10.5. The quantitative estimate of drug-likeness (QED) is 0.634. The predicted molar refractivity (Wildman–Crippen MR) is 58.0 cm³/mol. The van der Waals surface area contributed by atoms with E-state index in [1.54, 1.807) is 0 Å². The van der Waals surface area contributed by atoms with E-state index in [4.69, 9.17) is 5.73 Å². The Bertz CT molecular complexity index is 308. The van der Waals surface area contributed by atoms with Crippen molar-refractivity contribution >= 4 is 5.91 Å². The number of carbonyl (C=O) groups is 1. The Kier molecular flexibility index (Phi) is 4.83. The molecule has 0 aliphatic carbocycles. The molecule has 15 heavy (non-hydrogen) atoms. The van der Waals surface area contributed by atoms with Crippen molar-refractivity contribution in [3.63, 3.8) is 0 Å². The van der Waals surface area contributed by atoms with Gasteiger partial charge in [-0.3, -0.25) is 9.48 Å². The number of hydrogen-bond donors (Lipinski definition) is 2. The lowest BCUT2D eigenvalue weighted by Crippen LogP contribution is -2.21. The molecule has 0 bridgehead atoms. The molecule has 0 aliphatic rings. The van der Waals surface area contributed by atoms with Gasteiger partial charge < -0.3 is 11.1 Å². The van der Waals surface area contributed by atoms with Crippen molar-refractivity contribution in [3.8, 4) is 0 Å². The van der Waals surface area contributed by atoms with Gasteiger partial charge in [-0.2, -0.15) is 5.10 Å². The average Bonchev–Trinajstić information content (AvgIpc) is 2.61. The van der Waals surface area contributed by atoms with Crippen molar-refractivity contribution in [1.29, 1.82) is 0 Å². The molecule has 1 rings (SSSR count). The van der Waals surface area contributed by atoms with Gasteiger partial charge in [0.15, 0.2) is 0 Å². The Morgan fingerprint density at radius 2 is 2.47 bits per heavy atom. The SMILES string of the molecule is CCCn1cc(CNCCC(N)=O)cn1. The van der Waals surface area contributed by atoms with Gasteiger partial charge in [0.1, 0.15) is 0 Å². The first-order chi connectivity index (χ1) is 7.22. The van der Waals surface area contributed by atoms with Crippen LogP contribution in [0.25, 0.3) is 0 Å². The molecule has 0 radical (unpaired) electrons. The topological polar surface area (TPSA) is 72.9 Å². The fourth-order valence-corrected chi connectivity index (χ4v) is 1.29. The van der Waals surface area contributed by atoms with E-state index in [1.165, 1.54) is 0 Å². The van der Waals surface area contributed by atoms with E-state index in [9.17, 15) is 4.79 Å². The Labute approximate surface area is 89.6 Å². The van der Waals surface area contributed by atoms with E-state index in [2.05, 4.69) is 17.3 Å². The number of nitrogens with zero attached hydrogens (tertiary/aromatic N) is 2. The summed E-state index contributed by atoms with van der Waals surface area (Å²) in [5, 5.41) is 7.34. The smallest absolute Gasteiger partial charge is 0.218 e. The number of carbonyl (C=O) groups excluding carboxylic acids is 1. The van der Waals surface area contributed by atoms with Crippen molar-refractivity contribution in [2.75, 3.05) is 6.54 Å². The molecule has 0 aromatic carbocycles. The van der Waals surface area contributed by atoms with Gasteiger partial charge in [-0.25, -0.2) is 0 Å². The monoisotopic (exact) mass is 210 g/mol. The van der Waals surface area contributed by atoms with E-state index in [1.807, 2.05) is 17.1 Å². The maximum Gasteiger partial charge on any atom is 0.218 e. The molecule has 0 atom stereocenters. The van der Waals surface area contributed by atoms with Gasteiger partial charge in [0.05, 0.1) is 6.20 Å². The maximum absolute atomic E-state index is 10.5. The van der Waals surface area contributed by atoms with Crippen LogP contribution in [0.3, 0.4) is 0 Å². The van der Waals surface area contributed by atoms with Gasteiger partial charge >= 0.3 is 0 Å². The highest BCUT2D eigenvalue weighted by Gasteiger charge is 1.98. The zero-order valence-electron chi connectivity index (χ0n) is 9.07. The van der Waals surface area contributed by atoms with Crippen molar-refractivity contribution in [3.05, 3.63) is 18.0 Å². The van der Waals surface area contributed by atoms with Crippen LogP contribution in [0.15, 0.2) is 12.4 Å². The lowest BCUT2D eigenvalue weighted by Gasteiger charge is -2.00. The summed E-state index contributed by atoms with van der Waals surface area (Å²) < 4.78 is 1.92. The highest BCUT2D eigenvalue weighted by molar-refractivity contribution is 5.73. The summed E-state index contributed by atoms with van der Waals surface area (Å²) in [6, 6.07) is 0. The summed E-state index contributed by atoms with van der Waals surface area (Å²) in [5.74, 6) is -0.274. The number of rotatable bonds is 7. The molecule has 0 saturated carbocycles. The molecule has 3 N–H and O–H groups in total. The molecule has 1 aromatic heterocycles. The zero-order valence-corrected chi connectivity index (χ0v) is 9.07. The third kappa shape index (κ3) is 4.60. The van der Waals surface area contributed by atoms with Gasteiger partial charge in [0.2, 0.25) is 5.91 Å². The normalized spacial score (nSPS) is 10.5. The highest BCUT2D eigenvalue weighted by Crippen LogP contribution is 1.98. The van der Waals surface area contributed by atoms with Crippen LogP contribution in [-0.2, 0) is 17.9 Å². The van der Waals surface area contributed by atoms with Gasteiger partial charge in [0.25, 0.3) is 0 Å². The standard InChI is InChI=1S/C10H18N4O/c1-2-5-14-8-9(7-13-14)6-12-4-3-10(11)15/h7-8,12H,2-6H2,1H3,(H2,11,15). The van der Waals surface area contributed by atoms with Crippen LogP contribution < -0.4 is 11.1 Å². The molecule has 5 nitrogen and oxygen atoms in total. The molecule has 0 aliphatic heterocycles. The molecular weight excluding hydrogens is 192 g/mol. The zero-order chi connectivity index (χ0) is 11.1. The first-order valence-electron chi connectivity index (χ1n) is 5.22. The van der Waals surface area contributed by atoms with E-state index in [-0.39, 0.29) is 5.91 Å². The van der Waals surface area contributed by atoms with Crippen LogP contribution in [0.4, 0.5) is 0 Å². The molecular formula is C10H18N4O. The van der Waals surface area contributed by atoms with Gasteiger partial charge in [-0.1, -0.05) is 6.92 Å². The number of amides is 1. The van der Waals surface area contributed by atoms with Crippen LogP contribution in [0.2, 0.25) is 0 Å². The molecule has 0 spiro atoms. The molecule has 0 unspecified atom stereocenters. The first kappa shape index (κ1) is 11.7. The minimum atomic E-state index is -0.274. The number of nitrogens with one attached hydrogen (secondary N) is 1. The van der Waals surface area contributed by atoms with Crippen LogP contribution in [0.5, 0.6) is 0 Å². The summed E-state index contributed by atoms with van der Waals surface area (Å²) in [6.07, 6.45) is 5.31. The number of hydrogen-bond acceptors (Lipinski definition) is 3. The van der Waals surface area contributed by atoms with E-state index < -0.39 is 0 Å². The Balaban J connectivity index is 2.22. The molecule has 0 saturated heterocycles. The summed E-state index contributed by atoms with van der Waals surface area (Å²) in [7, 11) is 0. The summed E-state index contributed by atoms with van der Waals surface area (Å²) in [6.45, 7) is 4.42. The molecule has 1 aromatic rings. The van der Waals surface area contributed by atoms with Crippen molar-refractivity contribution < 1.29 is 4.79 Å². The van der Waals surface area contributed by atoms with Gasteiger partial charge in [-0.15, -0.1) is 0 Å². The van der Waals surface area contributed by atoms with Crippen molar-refractivity contribution in [2.45, 2.75) is 32.9 Å². The Morgan fingerprint density at radius 3 is 3.13 bits per heavy atom. The van der Waals surface area contributed by atoms with Gasteiger partial charge in [-0.05, 0) is 6.42 Å². The minimum absolute atomic E-state index is 0.274. The first-order valence-corrected chi connectivity index (χ1v) is 5.22. The molecule has 0 fully saturated rings. The second-order valence-electron chi connectivity index (χ2n) is 3.50. The highest BCUT2D eigenvalue weighted by atomic mass is 16.1. The Hall–Kier alpha value is -1.36. The second kappa shape index (κ2) is 6.19. The number of aromatic nitrogens is 2. The Morgan fingerprint density at radius 1 is 1.67 bits per heavy atom. The third-order valence-corrected chi connectivity index (χ3v) is 2.02. The van der Waals surface area contributed by atoms with Gasteiger partial charge in [0, 0.05) is 37.8 Å². The van der Waals surface area contributed by atoms with Crippen molar-refractivity contribution in [1.82, 2.24) is 15.1 Å². The summed E-state index contributed by atoms with van der Waals surface area (Å²) in [4.78, 5) is 10.5. The average molecular weight is 210 g/mol.